The molecule has 0 aliphatic carbocycles. The molecular formula is C13H24N4O. The molecule has 0 bridgehead atoms. The van der Waals surface area contributed by atoms with Crippen molar-refractivity contribution in [3.8, 4) is 0 Å². The second kappa shape index (κ2) is 6.31. The normalized spacial score (nSPS) is 27.3. The van der Waals surface area contributed by atoms with Crippen molar-refractivity contribution in [1.29, 1.82) is 0 Å². The van der Waals surface area contributed by atoms with Gasteiger partial charge in [0, 0.05) is 31.0 Å². The van der Waals surface area contributed by atoms with E-state index in [1.807, 2.05) is 12.3 Å². The maximum atomic E-state index is 9.97. The van der Waals surface area contributed by atoms with Gasteiger partial charge in [0.25, 0.3) is 0 Å². The largest absolute Gasteiger partial charge is 0.390 e. The van der Waals surface area contributed by atoms with Gasteiger partial charge in [0.2, 0.25) is 0 Å². The van der Waals surface area contributed by atoms with Crippen LogP contribution in [0.25, 0.3) is 0 Å². The summed E-state index contributed by atoms with van der Waals surface area (Å²) < 4.78 is 1.76. The summed E-state index contributed by atoms with van der Waals surface area (Å²) in [6.45, 7) is 5.59. The first kappa shape index (κ1) is 13.5. The molecule has 0 saturated carbocycles. The van der Waals surface area contributed by atoms with Crippen molar-refractivity contribution in [3.63, 3.8) is 0 Å². The quantitative estimate of drug-likeness (QED) is 0.821. The highest BCUT2D eigenvalue weighted by Crippen LogP contribution is 2.20. The van der Waals surface area contributed by atoms with E-state index in [0.29, 0.717) is 25.2 Å². The van der Waals surface area contributed by atoms with Crippen molar-refractivity contribution < 1.29 is 5.11 Å². The average molecular weight is 252 g/mol. The lowest BCUT2D eigenvalue weighted by Gasteiger charge is -2.39. The number of nitrogens with one attached hydrogen (secondary N) is 1. The van der Waals surface area contributed by atoms with Gasteiger partial charge in [-0.05, 0) is 32.8 Å². The third-order valence-corrected chi connectivity index (χ3v) is 3.66. The maximum Gasteiger partial charge on any atom is 0.0874 e. The molecule has 3 atom stereocenters. The van der Waals surface area contributed by atoms with Crippen LogP contribution in [0.4, 0.5) is 0 Å². The second-order valence-corrected chi connectivity index (χ2v) is 5.28. The predicted octanol–water partition coefficient (Wildman–Crippen LogP) is 1.01. The second-order valence-electron chi connectivity index (χ2n) is 5.28. The van der Waals surface area contributed by atoms with Crippen LogP contribution in [0.1, 0.15) is 33.1 Å². The van der Waals surface area contributed by atoms with Crippen molar-refractivity contribution in [1.82, 2.24) is 20.2 Å². The van der Waals surface area contributed by atoms with E-state index in [1.54, 1.807) is 10.9 Å². The summed E-state index contributed by atoms with van der Waals surface area (Å²) in [5.74, 6) is 0. The van der Waals surface area contributed by atoms with Crippen LogP contribution in [-0.2, 0) is 6.54 Å². The first-order valence-electron chi connectivity index (χ1n) is 6.84. The van der Waals surface area contributed by atoms with E-state index in [-0.39, 0.29) is 0 Å². The van der Waals surface area contributed by atoms with E-state index in [2.05, 4.69) is 29.4 Å². The molecule has 1 aliphatic rings. The molecule has 1 aromatic rings. The van der Waals surface area contributed by atoms with Crippen LogP contribution in [0.3, 0.4) is 0 Å². The van der Waals surface area contributed by atoms with Crippen molar-refractivity contribution >= 4 is 0 Å². The SMILES string of the molecule is CC1CCCC(C)N1NCC(O)Cn1cccn1. The zero-order chi connectivity index (χ0) is 13.0. The Morgan fingerprint density at radius 2 is 2.11 bits per heavy atom. The van der Waals surface area contributed by atoms with Crippen LogP contribution in [0.5, 0.6) is 0 Å². The molecule has 2 heterocycles. The summed E-state index contributed by atoms with van der Waals surface area (Å²) in [5, 5.41) is 16.4. The number of hydrogen-bond donors (Lipinski definition) is 2. The molecule has 2 rings (SSSR count). The lowest BCUT2D eigenvalue weighted by atomic mass is 10.00. The van der Waals surface area contributed by atoms with Crippen LogP contribution < -0.4 is 5.43 Å². The molecule has 102 valence electrons. The molecule has 1 aromatic heterocycles. The zero-order valence-corrected chi connectivity index (χ0v) is 11.3. The van der Waals surface area contributed by atoms with Gasteiger partial charge in [-0.15, -0.1) is 0 Å². The van der Waals surface area contributed by atoms with Crippen LogP contribution in [-0.4, -0.2) is 44.6 Å². The number of aliphatic hydroxyl groups excluding tert-OH is 1. The maximum absolute atomic E-state index is 9.97. The molecule has 5 heteroatoms. The minimum Gasteiger partial charge on any atom is -0.390 e. The fourth-order valence-corrected chi connectivity index (χ4v) is 2.63. The smallest absolute Gasteiger partial charge is 0.0874 e. The Bertz CT molecular complexity index is 331. The number of hydrazine groups is 1. The molecule has 0 amide bonds. The van der Waals surface area contributed by atoms with Gasteiger partial charge in [-0.25, -0.2) is 5.01 Å². The van der Waals surface area contributed by atoms with Crippen molar-refractivity contribution in [3.05, 3.63) is 18.5 Å². The molecular weight excluding hydrogens is 228 g/mol. The van der Waals surface area contributed by atoms with Gasteiger partial charge >= 0.3 is 0 Å². The monoisotopic (exact) mass is 252 g/mol. The molecule has 0 radical (unpaired) electrons. The molecule has 18 heavy (non-hydrogen) atoms. The topological polar surface area (TPSA) is 53.3 Å². The van der Waals surface area contributed by atoms with Crippen LogP contribution in [0, 0.1) is 0 Å². The summed E-state index contributed by atoms with van der Waals surface area (Å²) in [6.07, 6.45) is 6.95. The van der Waals surface area contributed by atoms with Crippen LogP contribution in [0.15, 0.2) is 18.5 Å². The highest BCUT2D eigenvalue weighted by atomic mass is 16.3. The standard InChI is InChI=1S/C13H24N4O/c1-11-5-3-6-12(2)17(11)15-9-13(18)10-16-8-4-7-14-16/h4,7-8,11-13,15,18H,3,5-6,9-10H2,1-2H3. The summed E-state index contributed by atoms with van der Waals surface area (Å²) in [6, 6.07) is 2.96. The Morgan fingerprint density at radius 1 is 1.39 bits per heavy atom. The first-order valence-corrected chi connectivity index (χ1v) is 6.84. The summed E-state index contributed by atoms with van der Waals surface area (Å²) in [4.78, 5) is 0. The Morgan fingerprint density at radius 3 is 2.72 bits per heavy atom. The molecule has 0 aromatic carbocycles. The van der Waals surface area contributed by atoms with Gasteiger partial charge in [0.1, 0.15) is 0 Å². The fourth-order valence-electron chi connectivity index (χ4n) is 2.63. The van der Waals surface area contributed by atoms with Gasteiger partial charge in [0.05, 0.1) is 12.6 Å². The molecule has 1 fully saturated rings. The number of aliphatic hydroxyl groups is 1. The van der Waals surface area contributed by atoms with E-state index in [1.165, 1.54) is 19.3 Å². The Kier molecular flexibility index (Phi) is 4.74. The van der Waals surface area contributed by atoms with Gasteiger partial charge < -0.3 is 5.11 Å². The predicted molar refractivity (Wildman–Crippen MR) is 70.9 cm³/mol. The molecule has 5 nitrogen and oxygen atoms in total. The van der Waals surface area contributed by atoms with E-state index >= 15 is 0 Å². The highest BCUT2D eigenvalue weighted by molar-refractivity contribution is 4.80. The Hall–Kier alpha value is -0.910. The third-order valence-electron chi connectivity index (χ3n) is 3.66. The lowest BCUT2D eigenvalue weighted by Crippen LogP contribution is -2.54. The van der Waals surface area contributed by atoms with Crippen LogP contribution in [0.2, 0.25) is 0 Å². The van der Waals surface area contributed by atoms with E-state index in [0.717, 1.165) is 0 Å². The summed E-state index contributed by atoms with van der Waals surface area (Å²) >= 11 is 0. The molecule has 0 spiro atoms. The molecule has 2 N–H and O–H groups in total. The number of piperidine rings is 1. The highest BCUT2D eigenvalue weighted by Gasteiger charge is 2.24. The van der Waals surface area contributed by atoms with Crippen molar-refractivity contribution in [2.75, 3.05) is 6.54 Å². The first-order chi connectivity index (χ1) is 8.66. The lowest BCUT2D eigenvalue weighted by molar-refractivity contribution is 0.0230. The summed E-state index contributed by atoms with van der Waals surface area (Å²) in [5.41, 5.74) is 3.38. The summed E-state index contributed by atoms with van der Waals surface area (Å²) in [7, 11) is 0. The number of hydrogen-bond acceptors (Lipinski definition) is 4. The number of aromatic nitrogens is 2. The molecule has 3 unspecified atom stereocenters. The Labute approximate surface area is 109 Å². The van der Waals surface area contributed by atoms with Crippen molar-refractivity contribution in [2.45, 2.75) is 57.8 Å². The van der Waals surface area contributed by atoms with E-state index in [4.69, 9.17) is 0 Å². The molecule has 1 aliphatic heterocycles. The molecule has 1 saturated heterocycles. The van der Waals surface area contributed by atoms with Gasteiger partial charge in [-0.2, -0.15) is 5.10 Å². The van der Waals surface area contributed by atoms with Gasteiger partial charge in [-0.1, -0.05) is 6.42 Å². The zero-order valence-electron chi connectivity index (χ0n) is 11.3. The van der Waals surface area contributed by atoms with Crippen LogP contribution >= 0.6 is 0 Å². The Balaban J connectivity index is 1.76. The van der Waals surface area contributed by atoms with E-state index in [9.17, 15) is 5.11 Å². The van der Waals surface area contributed by atoms with Gasteiger partial charge in [-0.3, -0.25) is 10.1 Å². The third kappa shape index (κ3) is 3.54. The average Bonchev–Trinajstić information content (AvgIpc) is 2.81. The number of nitrogens with zero attached hydrogens (tertiary/aromatic N) is 3. The fraction of sp³-hybridized carbons (Fsp3) is 0.769. The van der Waals surface area contributed by atoms with Crippen molar-refractivity contribution in [2.24, 2.45) is 0 Å². The number of rotatable bonds is 5. The van der Waals surface area contributed by atoms with Gasteiger partial charge in [0.15, 0.2) is 0 Å². The minimum absolute atomic E-state index is 0.411. The van der Waals surface area contributed by atoms with E-state index < -0.39 is 6.10 Å². The minimum atomic E-state index is -0.411.